The zero-order valence-electron chi connectivity index (χ0n) is 9.60. The molecule has 1 aliphatic rings. The van der Waals surface area contributed by atoms with Crippen LogP contribution in [0, 0.1) is 11.7 Å². The third kappa shape index (κ3) is 2.64. The molecule has 1 saturated heterocycles. The third-order valence-corrected chi connectivity index (χ3v) is 3.27. The quantitative estimate of drug-likeness (QED) is 0.812. The Bertz CT molecular complexity index is 408. The molecule has 1 N–H and O–H groups in total. The summed E-state index contributed by atoms with van der Waals surface area (Å²) in [6.07, 6.45) is 2.39. The van der Waals surface area contributed by atoms with Crippen LogP contribution in [0.15, 0.2) is 18.2 Å². The summed E-state index contributed by atoms with van der Waals surface area (Å²) in [5.74, 6) is 0.0874. The van der Waals surface area contributed by atoms with Gasteiger partial charge in [0.15, 0.2) is 0 Å². The summed E-state index contributed by atoms with van der Waals surface area (Å²) in [5, 5.41) is 8.87. The molecule has 0 saturated carbocycles. The monoisotopic (exact) mass is 237 g/mol. The van der Waals surface area contributed by atoms with Crippen LogP contribution in [0.2, 0.25) is 0 Å². The van der Waals surface area contributed by atoms with Crippen molar-refractivity contribution >= 4 is 12.0 Å². The number of hydrogen-bond acceptors (Lipinski definition) is 3. The fourth-order valence-corrected chi connectivity index (χ4v) is 2.32. The summed E-state index contributed by atoms with van der Waals surface area (Å²) in [7, 11) is 0. The van der Waals surface area contributed by atoms with Gasteiger partial charge in [0, 0.05) is 25.3 Å². The molecule has 0 aromatic heterocycles. The Hall–Kier alpha value is -1.42. The summed E-state index contributed by atoms with van der Waals surface area (Å²) in [5.41, 5.74) is 0.911. The van der Waals surface area contributed by atoms with Crippen molar-refractivity contribution in [2.24, 2.45) is 5.92 Å². The molecule has 1 atom stereocenters. The van der Waals surface area contributed by atoms with Gasteiger partial charge < -0.3 is 10.0 Å². The van der Waals surface area contributed by atoms with Crippen LogP contribution in [-0.4, -0.2) is 31.1 Å². The molecular formula is C13H16FNO2. The fourth-order valence-electron chi connectivity index (χ4n) is 2.32. The van der Waals surface area contributed by atoms with E-state index in [4.69, 9.17) is 5.11 Å². The van der Waals surface area contributed by atoms with E-state index < -0.39 is 0 Å². The summed E-state index contributed by atoms with van der Waals surface area (Å²) in [6.45, 7) is 1.77. The standard InChI is InChI=1S/C13H16FNO2/c14-12-7-11(9-17)1-2-13(12)15-5-3-10(8-15)4-6-16/h1-2,7,9-10,16H,3-6,8H2. The van der Waals surface area contributed by atoms with Crippen LogP contribution in [0.25, 0.3) is 0 Å². The molecule has 0 aliphatic carbocycles. The van der Waals surface area contributed by atoms with Gasteiger partial charge in [0.25, 0.3) is 0 Å². The average molecular weight is 237 g/mol. The first kappa shape index (κ1) is 12.0. The predicted octanol–water partition coefficient (Wildman–Crippen LogP) is 1.85. The van der Waals surface area contributed by atoms with E-state index in [1.807, 2.05) is 4.90 Å². The average Bonchev–Trinajstić information content (AvgIpc) is 2.78. The van der Waals surface area contributed by atoms with Gasteiger partial charge in [0.2, 0.25) is 0 Å². The van der Waals surface area contributed by atoms with Gasteiger partial charge in [0.1, 0.15) is 12.1 Å². The number of carbonyl (C=O) groups is 1. The number of carbonyl (C=O) groups excluding carboxylic acids is 1. The molecule has 0 radical (unpaired) electrons. The Morgan fingerprint density at radius 2 is 2.35 bits per heavy atom. The first-order valence-corrected chi connectivity index (χ1v) is 5.85. The van der Waals surface area contributed by atoms with E-state index in [2.05, 4.69) is 0 Å². The van der Waals surface area contributed by atoms with E-state index in [1.54, 1.807) is 12.1 Å². The van der Waals surface area contributed by atoms with Crippen molar-refractivity contribution in [3.63, 3.8) is 0 Å². The number of anilines is 1. The third-order valence-electron chi connectivity index (χ3n) is 3.27. The van der Waals surface area contributed by atoms with E-state index >= 15 is 0 Å². The highest BCUT2D eigenvalue weighted by Gasteiger charge is 2.23. The van der Waals surface area contributed by atoms with Crippen LogP contribution >= 0.6 is 0 Å². The molecule has 1 heterocycles. The van der Waals surface area contributed by atoms with Crippen molar-refractivity contribution in [1.82, 2.24) is 0 Å². The second-order valence-electron chi connectivity index (χ2n) is 4.44. The Balaban J connectivity index is 2.10. The van der Waals surface area contributed by atoms with Crippen molar-refractivity contribution in [3.05, 3.63) is 29.6 Å². The molecular weight excluding hydrogens is 221 g/mol. The van der Waals surface area contributed by atoms with E-state index in [-0.39, 0.29) is 12.4 Å². The predicted molar refractivity (Wildman–Crippen MR) is 63.8 cm³/mol. The summed E-state index contributed by atoms with van der Waals surface area (Å²) in [6, 6.07) is 4.55. The number of benzene rings is 1. The van der Waals surface area contributed by atoms with Crippen molar-refractivity contribution in [3.8, 4) is 0 Å². The number of aliphatic hydroxyl groups is 1. The van der Waals surface area contributed by atoms with Crippen LogP contribution in [0.5, 0.6) is 0 Å². The Morgan fingerprint density at radius 3 is 3.00 bits per heavy atom. The number of aliphatic hydroxyl groups excluding tert-OH is 1. The minimum Gasteiger partial charge on any atom is -0.396 e. The molecule has 1 fully saturated rings. The molecule has 2 rings (SSSR count). The van der Waals surface area contributed by atoms with E-state index in [0.29, 0.717) is 23.5 Å². The van der Waals surface area contributed by atoms with Gasteiger partial charge in [-0.2, -0.15) is 0 Å². The summed E-state index contributed by atoms with van der Waals surface area (Å²) >= 11 is 0. The number of nitrogens with zero attached hydrogens (tertiary/aromatic N) is 1. The number of rotatable bonds is 4. The topological polar surface area (TPSA) is 40.5 Å². The lowest BCUT2D eigenvalue weighted by Crippen LogP contribution is -2.21. The Labute approximate surface area is 99.9 Å². The van der Waals surface area contributed by atoms with E-state index in [9.17, 15) is 9.18 Å². The molecule has 0 spiro atoms. The Morgan fingerprint density at radius 1 is 1.53 bits per heavy atom. The molecule has 0 bridgehead atoms. The number of hydrogen-bond donors (Lipinski definition) is 1. The molecule has 1 aromatic carbocycles. The first-order valence-electron chi connectivity index (χ1n) is 5.85. The van der Waals surface area contributed by atoms with Crippen LogP contribution in [-0.2, 0) is 0 Å². The van der Waals surface area contributed by atoms with Gasteiger partial charge in [0.05, 0.1) is 5.69 Å². The first-order chi connectivity index (χ1) is 8.24. The van der Waals surface area contributed by atoms with Crippen molar-refractivity contribution < 1.29 is 14.3 Å². The second-order valence-corrected chi connectivity index (χ2v) is 4.44. The van der Waals surface area contributed by atoms with Crippen molar-refractivity contribution in [2.45, 2.75) is 12.8 Å². The molecule has 92 valence electrons. The Kier molecular flexibility index (Phi) is 3.74. The van der Waals surface area contributed by atoms with E-state index in [1.165, 1.54) is 6.07 Å². The molecule has 1 unspecified atom stereocenters. The molecule has 1 aliphatic heterocycles. The zero-order valence-corrected chi connectivity index (χ0v) is 9.60. The minimum absolute atomic E-state index is 0.186. The lowest BCUT2D eigenvalue weighted by molar-refractivity contribution is 0.112. The largest absolute Gasteiger partial charge is 0.396 e. The van der Waals surface area contributed by atoms with Crippen LogP contribution in [0.1, 0.15) is 23.2 Å². The fraction of sp³-hybridized carbons (Fsp3) is 0.462. The highest BCUT2D eigenvalue weighted by Crippen LogP contribution is 2.27. The van der Waals surface area contributed by atoms with Crippen molar-refractivity contribution in [1.29, 1.82) is 0 Å². The number of aldehydes is 1. The van der Waals surface area contributed by atoms with E-state index in [0.717, 1.165) is 25.9 Å². The highest BCUT2D eigenvalue weighted by atomic mass is 19.1. The zero-order chi connectivity index (χ0) is 12.3. The SMILES string of the molecule is O=Cc1ccc(N2CCC(CCO)C2)c(F)c1. The van der Waals surface area contributed by atoms with Gasteiger partial charge in [-0.05, 0) is 37.0 Å². The van der Waals surface area contributed by atoms with Gasteiger partial charge >= 0.3 is 0 Å². The van der Waals surface area contributed by atoms with Gasteiger partial charge in [-0.15, -0.1) is 0 Å². The maximum Gasteiger partial charge on any atom is 0.150 e. The maximum atomic E-state index is 13.8. The highest BCUT2D eigenvalue weighted by molar-refractivity contribution is 5.76. The molecule has 17 heavy (non-hydrogen) atoms. The van der Waals surface area contributed by atoms with Gasteiger partial charge in [-0.1, -0.05) is 0 Å². The minimum atomic E-state index is -0.348. The lowest BCUT2D eigenvalue weighted by atomic mass is 10.1. The van der Waals surface area contributed by atoms with Gasteiger partial charge in [-0.3, -0.25) is 4.79 Å². The van der Waals surface area contributed by atoms with Crippen LogP contribution in [0.3, 0.4) is 0 Å². The lowest BCUT2D eigenvalue weighted by Gasteiger charge is -2.19. The molecule has 0 amide bonds. The molecule has 1 aromatic rings. The molecule has 4 heteroatoms. The smallest absolute Gasteiger partial charge is 0.150 e. The summed E-state index contributed by atoms with van der Waals surface area (Å²) in [4.78, 5) is 12.5. The van der Waals surface area contributed by atoms with Gasteiger partial charge in [-0.25, -0.2) is 4.39 Å². The maximum absolute atomic E-state index is 13.8. The normalized spacial score (nSPS) is 19.6. The van der Waals surface area contributed by atoms with Crippen molar-refractivity contribution in [2.75, 3.05) is 24.6 Å². The van der Waals surface area contributed by atoms with Crippen LogP contribution in [0.4, 0.5) is 10.1 Å². The second kappa shape index (κ2) is 5.27. The number of halogens is 1. The molecule has 3 nitrogen and oxygen atoms in total. The summed E-state index contributed by atoms with van der Waals surface area (Å²) < 4.78 is 13.8. The van der Waals surface area contributed by atoms with Crippen LogP contribution < -0.4 is 4.90 Å².